The minimum atomic E-state index is -1.26. The molecule has 1 aliphatic heterocycles. The van der Waals surface area contributed by atoms with E-state index in [1.165, 1.54) is 36.3 Å². The SMILES string of the molecule is COc1ccc(NC(=O)CN2C(=O)C(C)(C)Oc3cc(C(=O)O)ccc32)cc1Cl. The quantitative estimate of drug-likeness (QED) is 0.772. The van der Waals surface area contributed by atoms with Gasteiger partial charge in [-0.1, -0.05) is 11.6 Å². The van der Waals surface area contributed by atoms with Gasteiger partial charge in [0.1, 0.15) is 18.0 Å². The van der Waals surface area contributed by atoms with E-state index in [0.717, 1.165) is 0 Å². The zero-order chi connectivity index (χ0) is 21.3. The van der Waals surface area contributed by atoms with Gasteiger partial charge in [0, 0.05) is 5.69 Å². The summed E-state index contributed by atoms with van der Waals surface area (Å²) in [5.74, 6) is -1.30. The van der Waals surface area contributed by atoms with E-state index in [4.69, 9.17) is 21.1 Å². The average molecular weight is 419 g/mol. The van der Waals surface area contributed by atoms with Gasteiger partial charge in [0.25, 0.3) is 5.91 Å². The third-order valence-electron chi connectivity index (χ3n) is 4.36. The van der Waals surface area contributed by atoms with Crippen LogP contribution in [-0.4, -0.2) is 42.1 Å². The molecular weight excluding hydrogens is 400 g/mol. The van der Waals surface area contributed by atoms with Gasteiger partial charge < -0.3 is 19.9 Å². The molecule has 9 heteroatoms. The summed E-state index contributed by atoms with van der Waals surface area (Å²) in [4.78, 5) is 37.9. The van der Waals surface area contributed by atoms with Crippen molar-refractivity contribution in [1.29, 1.82) is 0 Å². The van der Waals surface area contributed by atoms with Gasteiger partial charge in [-0.2, -0.15) is 0 Å². The summed E-state index contributed by atoms with van der Waals surface area (Å²) in [6.45, 7) is 2.83. The Balaban J connectivity index is 1.85. The average Bonchev–Trinajstić information content (AvgIpc) is 2.64. The predicted octanol–water partition coefficient (Wildman–Crippen LogP) is 3.19. The lowest BCUT2D eigenvalue weighted by Crippen LogP contribution is -2.54. The van der Waals surface area contributed by atoms with E-state index in [1.807, 2.05) is 0 Å². The number of fused-ring (bicyclic) bond motifs is 1. The highest BCUT2D eigenvalue weighted by molar-refractivity contribution is 6.32. The molecule has 0 unspecified atom stereocenters. The molecule has 29 heavy (non-hydrogen) atoms. The van der Waals surface area contributed by atoms with E-state index in [-0.39, 0.29) is 17.9 Å². The Bertz CT molecular complexity index is 1000. The van der Waals surface area contributed by atoms with E-state index >= 15 is 0 Å². The van der Waals surface area contributed by atoms with Crippen LogP contribution in [0.2, 0.25) is 5.02 Å². The van der Waals surface area contributed by atoms with Crippen LogP contribution in [0.15, 0.2) is 36.4 Å². The van der Waals surface area contributed by atoms with Crippen LogP contribution in [0.25, 0.3) is 0 Å². The Kier molecular flexibility index (Phi) is 5.39. The van der Waals surface area contributed by atoms with E-state index in [9.17, 15) is 19.5 Å². The molecule has 2 N–H and O–H groups in total. The molecule has 0 bridgehead atoms. The number of carbonyl (C=O) groups is 3. The number of hydrogen-bond donors (Lipinski definition) is 2. The summed E-state index contributed by atoms with van der Waals surface area (Å²) in [6, 6.07) is 8.91. The standard InChI is InChI=1S/C20H19ClN2O6/c1-20(2)19(27)23(14-6-4-11(18(25)26)8-16(14)29-20)10-17(24)22-12-5-7-15(28-3)13(21)9-12/h4-9H,10H2,1-3H3,(H,22,24)(H,25,26). The van der Waals surface area contributed by atoms with Gasteiger partial charge in [-0.15, -0.1) is 0 Å². The number of hydrogen-bond acceptors (Lipinski definition) is 5. The van der Waals surface area contributed by atoms with Crippen LogP contribution in [0.1, 0.15) is 24.2 Å². The molecule has 1 heterocycles. The van der Waals surface area contributed by atoms with Crippen LogP contribution >= 0.6 is 11.6 Å². The molecule has 0 aliphatic carbocycles. The second kappa shape index (κ2) is 7.63. The molecule has 2 amide bonds. The molecule has 1 aliphatic rings. The second-order valence-corrected chi connectivity index (χ2v) is 7.30. The van der Waals surface area contributed by atoms with Gasteiger partial charge in [0.2, 0.25) is 5.91 Å². The molecule has 0 atom stereocenters. The monoisotopic (exact) mass is 418 g/mol. The van der Waals surface area contributed by atoms with Gasteiger partial charge >= 0.3 is 5.97 Å². The first-order valence-corrected chi connectivity index (χ1v) is 9.02. The number of carboxylic acid groups (broad SMARTS) is 1. The number of halogens is 1. The molecule has 0 spiro atoms. The van der Waals surface area contributed by atoms with Crippen LogP contribution in [0.4, 0.5) is 11.4 Å². The number of nitrogens with zero attached hydrogens (tertiary/aromatic N) is 1. The van der Waals surface area contributed by atoms with Gasteiger partial charge in [-0.05, 0) is 50.2 Å². The number of methoxy groups -OCH3 is 1. The lowest BCUT2D eigenvalue weighted by atomic mass is 10.0. The number of nitrogens with one attached hydrogen (secondary N) is 1. The highest BCUT2D eigenvalue weighted by Gasteiger charge is 2.41. The van der Waals surface area contributed by atoms with Crippen molar-refractivity contribution in [3.05, 3.63) is 47.0 Å². The van der Waals surface area contributed by atoms with Crippen LogP contribution in [0, 0.1) is 0 Å². The fourth-order valence-corrected chi connectivity index (χ4v) is 3.21. The Labute approximate surface area is 172 Å². The van der Waals surface area contributed by atoms with Crippen molar-refractivity contribution >= 4 is 40.8 Å². The number of benzene rings is 2. The summed E-state index contributed by atoms with van der Waals surface area (Å²) in [5, 5.41) is 12.2. The van der Waals surface area contributed by atoms with E-state index in [1.54, 1.807) is 26.0 Å². The van der Waals surface area contributed by atoms with Gasteiger partial charge in [0.05, 0.1) is 23.4 Å². The smallest absolute Gasteiger partial charge is 0.335 e. The summed E-state index contributed by atoms with van der Waals surface area (Å²) in [6.07, 6.45) is 0. The van der Waals surface area contributed by atoms with Crippen molar-refractivity contribution in [1.82, 2.24) is 0 Å². The number of anilines is 2. The third-order valence-corrected chi connectivity index (χ3v) is 4.66. The summed E-state index contributed by atoms with van der Waals surface area (Å²) in [5.41, 5.74) is -0.469. The second-order valence-electron chi connectivity index (χ2n) is 6.89. The van der Waals surface area contributed by atoms with Crippen molar-refractivity contribution < 1.29 is 29.0 Å². The number of amides is 2. The Morgan fingerprint density at radius 3 is 2.59 bits per heavy atom. The highest BCUT2D eigenvalue weighted by atomic mass is 35.5. The molecule has 0 saturated carbocycles. The molecule has 0 fully saturated rings. The van der Waals surface area contributed by atoms with Crippen LogP contribution < -0.4 is 19.7 Å². The molecule has 3 rings (SSSR count). The van der Waals surface area contributed by atoms with Crippen molar-refractivity contribution in [2.75, 3.05) is 23.9 Å². The maximum absolute atomic E-state index is 12.8. The number of aromatic carboxylic acids is 1. The van der Waals surface area contributed by atoms with Gasteiger partial charge in [-0.25, -0.2) is 4.79 Å². The lowest BCUT2D eigenvalue weighted by Gasteiger charge is -2.38. The Morgan fingerprint density at radius 2 is 1.97 bits per heavy atom. The molecule has 152 valence electrons. The summed E-state index contributed by atoms with van der Waals surface area (Å²) in [7, 11) is 1.48. The third kappa shape index (κ3) is 4.12. The van der Waals surface area contributed by atoms with Crippen molar-refractivity contribution in [3.63, 3.8) is 0 Å². The van der Waals surface area contributed by atoms with Crippen molar-refractivity contribution in [2.24, 2.45) is 0 Å². The van der Waals surface area contributed by atoms with Gasteiger partial charge in [-0.3, -0.25) is 14.5 Å². The van der Waals surface area contributed by atoms with E-state index in [2.05, 4.69) is 5.32 Å². The minimum absolute atomic E-state index is 0.0196. The normalized spacial score (nSPS) is 14.6. The number of carbonyl (C=O) groups excluding carboxylic acids is 2. The van der Waals surface area contributed by atoms with Crippen LogP contribution in [0.3, 0.4) is 0 Å². The molecule has 0 saturated heterocycles. The molecule has 2 aromatic carbocycles. The molecule has 0 radical (unpaired) electrons. The maximum atomic E-state index is 12.8. The Morgan fingerprint density at radius 1 is 1.24 bits per heavy atom. The fourth-order valence-electron chi connectivity index (χ4n) is 2.95. The van der Waals surface area contributed by atoms with E-state index in [0.29, 0.717) is 22.1 Å². The largest absolute Gasteiger partial charge is 0.495 e. The number of ether oxygens (including phenoxy) is 2. The van der Waals surface area contributed by atoms with Crippen LogP contribution in [-0.2, 0) is 9.59 Å². The summed E-state index contributed by atoms with van der Waals surface area (Å²) >= 11 is 6.07. The topological polar surface area (TPSA) is 105 Å². The first kappa shape index (κ1) is 20.5. The Hall–Kier alpha value is -3.26. The first-order valence-electron chi connectivity index (χ1n) is 8.64. The highest BCUT2D eigenvalue weighted by Crippen LogP contribution is 2.38. The van der Waals surface area contributed by atoms with Crippen LogP contribution in [0.5, 0.6) is 11.5 Å². The molecule has 0 aromatic heterocycles. The van der Waals surface area contributed by atoms with Crippen molar-refractivity contribution in [2.45, 2.75) is 19.4 Å². The van der Waals surface area contributed by atoms with Crippen molar-refractivity contribution in [3.8, 4) is 11.5 Å². The van der Waals surface area contributed by atoms with Gasteiger partial charge in [0.15, 0.2) is 5.60 Å². The minimum Gasteiger partial charge on any atom is -0.495 e. The zero-order valence-corrected chi connectivity index (χ0v) is 16.7. The lowest BCUT2D eigenvalue weighted by molar-refractivity contribution is -0.133. The first-order chi connectivity index (χ1) is 13.6. The van der Waals surface area contributed by atoms with E-state index < -0.39 is 23.4 Å². The maximum Gasteiger partial charge on any atom is 0.335 e. The molecule has 8 nitrogen and oxygen atoms in total. The molecule has 2 aromatic rings. The number of rotatable bonds is 5. The molecular formula is C20H19ClN2O6. The zero-order valence-electron chi connectivity index (χ0n) is 16.0. The number of carboxylic acids is 1. The predicted molar refractivity (Wildman–Crippen MR) is 107 cm³/mol. The summed E-state index contributed by atoms with van der Waals surface area (Å²) < 4.78 is 10.8. The fraction of sp³-hybridized carbons (Fsp3) is 0.250.